The molecule has 2 heteroatoms. The Morgan fingerprint density at radius 3 is 2.38 bits per heavy atom. The second-order valence-electron chi connectivity index (χ2n) is 4.67. The summed E-state index contributed by atoms with van der Waals surface area (Å²) in [5, 5.41) is 3.45. The van der Waals surface area contributed by atoms with Crippen LogP contribution in [0.2, 0.25) is 0 Å². The lowest BCUT2D eigenvalue weighted by atomic mass is 10.2. The molecule has 1 aliphatic rings. The lowest BCUT2D eigenvalue weighted by molar-refractivity contribution is 0.233. The second kappa shape index (κ2) is 4.97. The van der Waals surface area contributed by atoms with E-state index in [0.717, 1.165) is 18.5 Å². The Morgan fingerprint density at radius 1 is 1.31 bits per heavy atom. The smallest absolute Gasteiger partial charge is 0.0107 e. The van der Waals surface area contributed by atoms with Gasteiger partial charge in [-0.3, -0.25) is 0 Å². The molecule has 1 N–H and O–H groups in total. The van der Waals surface area contributed by atoms with Crippen molar-refractivity contribution < 1.29 is 0 Å². The fraction of sp³-hybridized carbons (Fsp3) is 1.00. The van der Waals surface area contributed by atoms with Crippen molar-refractivity contribution in [1.82, 2.24) is 10.2 Å². The number of nitrogens with one attached hydrogen (secondary N) is 1. The molecular weight excluding hydrogens is 160 g/mol. The van der Waals surface area contributed by atoms with E-state index >= 15 is 0 Å². The molecule has 0 radical (unpaired) electrons. The molecule has 1 unspecified atom stereocenters. The van der Waals surface area contributed by atoms with E-state index in [1.54, 1.807) is 0 Å². The summed E-state index contributed by atoms with van der Waals surface area (Å²) in [5.41, 5.74) is 0. The van der Waals surface area contributed by atoms with Gasteiger partial charge in [0.2, 0.25) is 0 Å². The van der Waals surface area contributed by atoms with E-state index in [9.17, 15) is 0 Å². The Balaban J connectivity index is 2.05. The summed E-state index contributed by atoms with van der Waals surface area (Å²) in [6, 6.07) is 1.40. The summed E-state index contributed by atoms with van der Waals surface area (Å²) in [6.45, 7) is 9.04. The van der Waals surface area contributed by atoms with Crippen molar-refractivity contribution in [2.24, 2.45) is 5.92 Å². The third-order valence-corrected chi connectivity index (χ3v) is 3.02. The zero-order chi connectivity index (χ0) is 9.84. The van der Waals surface area contributed by atoms with Crippen LogP contribution in [0.5, 0.6) is 0 Å². The van der Waals surface area contributed by atoms with Gasteiger partial charge in [0.25, 0.3) is 0 Å². The minimum Gasteiger partial charge on any atom is -0.313 e. The summed E-state index contributed by atoms with van der Waals surface area (Å²) >= 11 is 0. The molecule has 1 atom stereocenters. The van der Waals surface area contributed by atoms with Crippen LogP contribution in [0.15, 0.2) is 0 Å². The third kappa shape index (κ3) is 4.10. The minimum atomic E-state index is 0.615. The van der Waals surface area contributed by atoms with Gasteiger partial charge in [0, 0.05) is 25.2 Å². The number of rotatable bonds is 6. The molecule has 1 fully saturated rings. The zero-order valence-corrected chi connectivity index (χ0v) is 9.51. The first-order valence-corrected chi connectivity index (χ1v) is 5.55. The SMILES string of the molecule is CC(C)NCCN(C)C(C)C1CC1. The Labute approximate surface area is 82.7 Å². The topological polar surface area (TPSA) is 15.3 Å². The van der Waals surface area contributed by atoms with E-state index in [0.29, 0.717) is 6.04 Å². The van der Waals surface area contributed by atoms with Crippen molar-refractivity contribution in [1.29, 1.82) is 0 Å². The fourth-order valence-corrected chi connectivity index (χ4v) is 1.67. The van der Waals surface area contributed by atoms with Gasteiger partial charge in [0.05, 0.1) is 0 Å². The predicted octanol–water partition coefficient (Wildman–Crippen LogP) is 1.71. The van der Waals surface area contributed by atoms with Crippen molar-refractivity contribution in [3.8, 4) is 0 Å². The molecule has 78 valence electrons. The predicted molar refractivity (Wildman–Crippen MR) is 58.0 cm³/mol. The highest BCUT2D eigenvalue weighted by atomic mass is 15.1. The standard InChI is InChI=1S/C11H24N2/c1-9(2)12-7-8-13(4)10(3)11-5-6-11/h9-12H,5-8H2,1-4H3. The van der Waals surface area contributed by atoms with Gasteiger partial charge in [0.1, 0.15) is 0 Å². The normalized spacial score (nSPS) is 19.8. The highest BCUT2D eigenvalue weighted by molar-refractivity contribution is 4.84. The van der Waals surface area contributed by atoms with Gasteiger partial charge in [-0.25, -0.2) is 0 Å². The Hall–Kier alpha value is -0.0800. The quantitative estimate of drug-likeness (QED) is 0.676. The molecule has 0 spiro atoms. The number of hydrogen-bond donors (Lipinski definition) is 1. The Bertz CT molecular complexity index is 141. The van der Waals surface area contributed by atoms with E-state index in [4.69, 9.17) is 0 Å². The molecule has 2 nitrogen and oxygen atoms in total. The van der Waals surface area contributed by atoms with Crippen molar-refractivity contribution in [3.63, 3.8) is 0 Å². The van der Waals surface area contributed by atoms with Crippen molar-refractivity contribution in [3.05, 3.63) is 0 Å². The maximum absolute atomic E-state index is 3.45. The van der Waals surface area contributed by atoms with Crippen LogP contribution in [0.4, 0.5) is 0 Å². The van der Waals surface area contributed by atoms with E-state index in [1.165, 1.54) is 19.4 Å². The lowest BCUT2D eigenvalue weighted by Gasteiger charge is -2.25. The highest BCUT2D eigenvalue weighted by Gasteiger charge is 2.29. The van der Waals surface area contributed by atoms with E-state index < -0.39 is 0 Å². The molecule has 0 aromatic heterocycles. The highest BCUT2D eigenvalue weighted by Crippen LogP contribution is 2.34. The molecule has 1 rings (SSSR count). The van der Waals surface area contributed by atoms with Gasteiger partial charge in [-0.2, -0.15) is 0 Å². The van der Waals surface area contributed by atoms with Gasteiger partial charge >= 0.3 is 0 Å². The van der Waals surface area contributed by atoms with Crippen LogP contribution in [0.3, 0.4) is 0 Å². The molecule has 13 heavy (non-hydrogen) atoms. The summed E-state index contributed by atoms with van der Waals surface area (Å²) in [7, 11) is 2.24. The summed E-state index contributed by atoms with van der Waals surface area (Å²) in [6.07, 6.45) is 2.90. The van der Waals surface area contributed by atoms with Crippen LogP contribution in [0, 0.1) is 5.92 Å². The number of likely N-dealkylation sites (N-methyl/N-ethyl adjacent to an activating group) is 1. The number of hydrogen-bond acceptors (Lipinski definition) is 2. The van der Waals surface area contributed by atoms with Crippen LogP contribution in [-0.4, -0.2) is 37.1 Å². The van der Waals surface area contributed by atoms with Gasteiger partial charge in [-0.15, -0.1) is 0 Å². The van der Waals surface area contributed by atoms with E-state index in [1.807, 2.05) is 0 Å². The molecule has 0 heterocycles. The summed E-state index contributed by atoms with van der Waals surface area (Å²) in [4.78, 5) is 2.48. The second-order valence-corrected chi connectivity index (χ2v) is 4.67. The first kappa shape index (κ1) is 11.0. The first-order valence-electron chi connectivity index (χ1n) is 5.55. The third-order valence-electron chi connectivity index (χ3n) is 3.02. The molecule has 0 aromatic rings. The van der Waals surface area contributed by atoms with Crippen molar-refractivity contribution in [2.45, 2.75) is 45.7 Å². The Morgan fingerprint density at radius 2 is 1.92 bits per heavy atom. The average molecular weight is 184 g/mol. The lowest BCUT2D eigenvalue weighted by Crippen LogP contribution is -2.38. The largest absolute Gasteiger partial charge is 0.313 e. The van der Waals surface area contributed by atoms with Crippen LogP contribution in [-0.2, 0) is 0 Å². The average Bonchev–Trinajstić information content (AvgIpc) is 2.84. The Kier molecular flexibility index (Phi) is 4.20. The monoisotopic (exact) mass is 184 g/mol. The fourth-order valence-electron chi connectivity index (χ4n) is 1.67. The minimum absolute atomic E-state index is 0.615. The zero-order valence-electron chi connectivity index (χ0n) is 9.51. The van der Waals surface area contributed by atoms with Gasteiger partial charge < -0.3 is 10.2 Å². The van der Waals surface area contributed by atoms with Gasteiger partial charge in [-0.1, -0.05) is 13.8 Å². The molecule has 0 amide bonds. The molecular formula is C11H24N2. The van der Waals surface area contributed by atoms with E-state index in [2.05, 4.69) is 38.0 Å². The van der Waals surface area contributed by atoms with Crippen molar-refractivity contribution >= 4 is 0 Å². The van der Waals surface area contributed by atoms with Gasteiger partial charge in [0.15, 0.2) is 0 Å². The van der Waals surface area contributed by atoms with Crippen LogP contribution in [0.1, 0.15) is 33.6 Å². The van der Waals surface area contributed by atoms with Crippen LogP contribution < -0.4 is 5.32 Å². The van der Waals surface area contributed by atoms with E-state index in [-0.39, 0.29) is 0 Å². The van der Waals surface area contributed by atoms with Crippen LogP contribution >= 0.6 is 0 Å². The van der Waals surface area contributed by atoms with Crippen LogP contribution in [0.25, 0.3) is 0 Å². The van der Waals surface area contributed by atoms with Crippen molar-refractivity contribution in [2.75, 3.05) is 20.1 Å². The first-order chi connectivity index (χ1) is 6.11. The summed E-state index contributed by atoms with van der Waals surface area (Å²) < 4.78 is 0. The summed E-state index contributed by atoms with van der Waals surface area (Å²) in [5.74, 6) is 0.990. The molecule has 1 aliphatic carbocycles. The molecule has 0 aromatic carbocycles. The molecule has 0 saturated heterocycles. The maximum atomic E-state index is 3.45. The number of nitrogens with zero attached hydrogens (tertiary/aromatic N) is 1. The molecule has 1 saturated carbocycles. The molecule has 0 bridgehead atoms. The van der Waals surface area contributed by atoms with Gasteiger partial charge in [-0.05, 0) is 32.7 Å². The molecule has 0 aliphatic heterocycles. The maximum Gasteiger partial charge on any atom is 0.0107 e.